The van der Waals surface area contributed by atoms with Gasteiger partial charge in [-0.3, -0.25) is 10.1 Å². The van der Waals surface area contributed by atoms with E-state index in [1.54, 1.807) is 12.1 Å². The Hall–Kier alpha value is -1.42. The summed E-state index contributed by atoms with van der Waals surface area (Å²) in [5.41, 5.74) is 0.594. The van der Waals surface area contributed by atoms with Gasteiger partial charge in [-0.2, -0.15) is 0 Å². The summed E-state index contributed by atoms with van der Waals surface area (Å²) in [4.78, 5) is 14.6. The van der Waals surface area contributed by atoms with E-state index in [0.717, 1.165) is 38.5 Å². The fourth-order valence-electron chi connectivity index (χ4n) is 3.65. The Kier molecular flexibility index (Phi) is 4.24. The van der Waals surface area contributed by atoms with Crippen LogP contribution in [0.5, 0.6) is 0 Å². The highest BCUT2D eigenvalue weighted by atomic mass is 19.1. The molecule has 21 heavy (non-hydrogen) atoms. The van der Waals surface area contributed by atoms with Gasteiger partial charge in [0.25, 0.3) is 0 Å². The molecule has 114 valence electrons. The van der Waals surface area contributed by atoms with Crippen molar-refractivity contribution in [1.29, 1.82) is 0 Å². The van der Waals surface area contributed by atoms with Crippen LogP contribution in [-0.4, -0.2) is 22.9 Å². The molecular formula is C17H23FN2O. The number of nitrogens with zero attached hydrogens (tertiary/aromatic N) is 1. The topological polar surface area (TPSA) is 32.3 Å². The molecule has 4 heteroatoms. The summed E-state index contributed by atoms with van der Waals surface area (Å²) in [6.07, 6.45) is 5.86. The minimum atomic E-state index is -0.307. The second kappa shape index (κ2) is 6.14. The van der Waals surface area contributed by atoms with Gasteiger partial charge in [-0.25, -0.2) is 4.39 Å². The van der Waals surface area contributed by atoms with E-state index in [-0.39, 0.29) is 30.0 Å². The van der Waals surface area contributed by atoms with Crippen LogP contribution in [0, 0.1) is 5.82 Å². The third kappa shape index (κ3) is 2.69. The number of halogens is 1. The van der Waals surface area contributed by atoms with Crippen molar-refractivity contribution in [2.45, 2.75) is 63.7 Å². The van der Waals surface area contributed by atoms with Crippen LogP contribution in [0.15, 0.2) is 24.3 Å². The second-order valence-electron chi connectivity index (χ2n) is 6.12. The first kappa shape index (κ1) is 14.5. The summed E-state index contributed by atoms with van der Waals surface area (Å²) in [5.74, 6) is -0.0834. The summed E-state index contributed by atoms with van der Waals surface area (Å²) in [6.45, 7) is 2.07. The van der Waals surface area contributed by atoms with Crippen molar-refractivity contribution in [3.63, 3.8) is 0 Å². The van der Waals surface area contributed by atoms with E-state index in [4.69, 9.17) is 0 Å². The van der Waals surface area contributed by atoms with Gasteiger partial charge in [-0.15, -0.1) is 0 Å². The molecule has 2 aliphatic rings. The van der Waals surface area contributed by atoms with Crippen LogP contribution >= 0.6 is 0 Å². The Morgan fingerprint density at radius 1 is 1.29 bits per heavy atom. The number of nitrogens with one attached hydrogen (secondary N) is 1. The molecule has 1 amide bonds. The molecule has 1 aromatic carbocycles. The molecule has 0 spiro atoms. The zero-order valence-electron chi connectivity index (χ0n) is 12.5. The third-order valence-electron chi connectivity index (χ3n) is 4.69. The molecule has 2 fully saturated rings. The van der Waals surface area contributed by atoms with E-state index < -0.39 is 0 Å². The van der Waals surface area contributed by atoms with E-state index in [1.807, 2.05) is 11.0 Å². The molecule has 1 heterocycles. The first-order chi connectivity index (χ1) is 10.2. The van der Waals surface area contributed by atoms with Crippen molar-refractivity contribution in [3.05, 3.63) is 35.6 Å². The number of benzene rings is 1. The Balaban J connectivity index is 1.92. The van der Waals surface area contributed by atoms with Gasteiger partial charge in [0, 0.05) is 11.6 Å². The quantitative estimate of drug-likeness (QED) is 0.922. The lowest BCUT2D eigenvalue weighted by molar-refractivity contribution is -0.132. The van der Waals surface area contributed by atoms with Crippen LogP contribution in [0.3, 0.4) is 0 Å². The molecule has 1 saturated carbocycles. The Morgan fingerprint density at radius 2 is 2.00 bits per heavy atom. The van der Waals surface area contributed by atoms with Crippen molar-refractivity contribution in [3.8, 4) is 0 Å². The Bertz CT molecular complexity index is 513. The number of carbonyl (C=O) groups is 1. The maximum atomic E-state index is 14.2. The summed E-state index contributed by atoms with van der Waals surface area (Å²) >= 11 is 0. The maximum Gasteiger partial charge on any atom is 0.241 e. The SMILES string of the molecule is CCCC1NC(c2ccccc2F)N(C2CCCC2)C1=O. The molecule has 3 nitrogen and oxygen atoms in total. The standard InChI is InChI=1S/C17H23FN2O/c1-2-7-15-17(21)20(12-8-3-4-9-12)16(19-15)13-10-5-6-11-14(13)18/h5-6,10-12,15-16,19H,2-4,7-9H2,1H3. The number of hydrogen-bond acceptors (Lipinski definition) is 2. The Labute approximate surface area is 125 Å². The van der Waals surface area contributed by atoms with Gasteiger partial charge >= 0.3 is 0 Å². The zero-order valence-corrected chi connectivity index (χ0v) is 12.5. The van der Waals surface area contributed by atoms with Gasteiger partial charge in [0.1, 0.15) is 12.0 Å². The first-order valence-electron chi connectivity index (χ1n) is 8.05. The van der Waals surface area contributed by atoms with Crippen LogP contribution < -0.4 is 5.32 Å². The molecule has 2 unspecified atom stereocenters. The average Bonchev–Trinajstić information content (AvgIpc) is 3.09. The monoisotopic (exact) mass is 290 g/mol. The van der Waals surface area contributed by atoms with Crippen molar-refractivity contribution in [1.82, 2.24) is 10.2 Å². The van der Waals surface area contributed by atoms with E-state index in [0.29, 0.717) is 5.56 Å². The van der Waals surface area contributed by atoms with Gasteiger partial charge < -0.3 is 4.90 Å². The predicted molar refractivity (Wildman–Crippen MR) is 80.1 cm³/mol. The highest BCUT2D eigenvalue weighted by Gasteiger charge is 2.43. The highest BCUT2D eigenvalue weighted by molar-refractivity contribution is 5.85. The summed E-state index contributed by atoms with van der Waals surface area (Å²) in [6, 6.07) is 6.89. The fraction of sp³-hybridized carbons (Fsp3) is 0.588. The molecular weight excluding hydrogens is 267 g/mol. The van der Waals surface area contributed by atoms with E-state index in [1.165, 1.54) is 6.07 Å². The molecule has 0 bridgehead atoms. The van der Waals surface area contributed by atoms with Gasteiger partial charge in [-0.05, 0) is 25.3 Å². The zero-order chi connectivity index (χ0) is 14.8. The van der Waals surface area contributed by atoms with Gasteiger partial charge in [0.05, 0.1) is 6.04 Å². The van der Waals surface area contributed by atoms with Crippen molar-refractivity contribution < 1.29 is 9.18 Å². The average molecular weight is 290 g/mol. The van der Waals surface area contributed by atoms with E-state index >= 15 is 0 Å². The van der Waals surface area contributed by atoms with Crippen LogP contribution in [0.25, 0.3) is 0 Å². The molecule has 0 radical (unpaired) electrons. The van der Waals surface area contributed by atoms with Crippen LogP contribution in [0.4, 0.5) is 4.39 Å². The van der Waals surface area contributed by atoms with E-state index in [9.17, 15) is 9.18 Å². The maximum absolute atomic E-state index is 14.2. The lowest BCUT2D eigenvalue weighted by Gasteiger charge is -2.30. The number of rotatable bonds is 4. The highest BCUT2D eigenvalue weighted by Crippen LogP contribution is 2.35. The number of amides is 1. The molecule has 3 rings (SSSR count). The van der Waals surface area contributed by atoms with Gasteiger partial charge in [0.15, 0.2) is 0 Å². The summed E-state index contributed by atoms with van der Waals surface area (Å²) < 4.78 is 14.2. The van der Waals surface area contributed by atoms with Crippen molar-refractivity contribution >= 4 is 5.91 Å². The smallest absolute Gasteiger partial charge is 0.241 e. The molecule has 1 aromatic rings. The molecule has 1 aliphatic carbocycles. The van der Waals surface area contributed by atoms with Crippen molar-refractivity contribution in [2.75, 3.05) is 0 Å². The lowest BCUT2D eigenvalue weighted by Crippen LogP contribution is -2.38. The largest absolute Gasteiger partial charge is 0.318 e. The van der Waals surface area contributed by atoms with Gasteiger partial charge in [0.2, 0.25) is 5.91 Å². The fourth-order valence-corrected chi connectivity index (χ4v) is 3.65. The second-order valence-corrected chi connectivity index (χ2v) is 6.12. The normalized spacial score (nSPS) is 26.8. The molecule has 2 atom stereocenters. The lowest BCUT2D eigenvalue weighted by atomic mass is 10.1. The molecule has 1 aliphatic heterocycles. The van der Waals surface area contributed by atoms with Gasteiger partial charge in [-0.1, -0.05) is 44.4 Å². The molecule has 1 N–H and O–H groups in total. The number of hydrogen-bond donors (Lipinski definition) is 1. The van der Waals surface area contributed by atoms with Crippen LogP contribution in [0.2, 0.25) is 0 Å². The Morgan fingerprint density at radius 3 is 2.67 bits per heavy atom. The number of carbonyl (C=O) groups excluding carboxylic acids is 1. The first-order valence-corrected chi connectivity index (χ1v) is 8.05. The van der Waals surface area contributed by atoms with E-state index in [2.05, 4.69) is 12.2 Å². The predicted octanol–water partition coefficient (Wildman–Crippen LogP) is 3.37. The molecule has 1 saturated heterocycles. The minimum Gasteiger partial charge on any atom is -0.318 e. The van der Waals surface area contributed by atoms with Crippen molar-refractivity contribution in [2.24, 2.45) is 0 Å². The summed E-state index contributed by atoms with van der Waals surface area (Å²) in [7, 11) is 0. The minimum absolute atomic E-state index is 0.150. The van der Waals surface area contributed by atoms with Crippen LogP contribution in [0.1, 0.15) is 57.2 Å². The summed E-state index contributed by atoms with van der Waals surface area (Å²) in [5, 5.41) is 3.36. The molecule has 0 aromatic heterocycles. The van der Waals surface area contributed by atoms with Crippen LogP contribution in [-0.2, 0) is 4.79 Å². The third-order valence-corrected chi connectivity index (χ3v) is 4.69.